The average Bonchev–Trinajstić information content (AvgIpc) is 2.85. The molecule has 1 aromatic carbocycles. The van der Waals surface area contributed by atoms with Crippen molar-refractivity contribution in [1.29, 1.82) is 0 Å². The number of aromatic nitrogens is 2. The normalized spacial score (nSPS) is 14.1. The van der Waals surface area contributed by atoms with E-state index >= 15 is 0 Å². The minimum atomic E-state index is -3.28. The molecule has 0 saturated carbocycles. The van der Waals surface area contributed by atoms with Gasteiger partial charge in [-0.3, -0.25) is 9.59 Å². The molecule has 2 aromatic heterocycles. The van der Waals surface area contributed by atoms with Crippen LogP contribution >= 0.6 is 0 Å². The van der Waals surface area contributed by atoms with Crippen molar-refractivity contribution < 1.29 is 22.7 Å². The van der Waals surface area contributed by atoms with E-state index in [0.29, 0.717) is 17.1 Å². The Labute approximate surface area is 215 Å². The Morgan fingerprint density at radius 1 is 1.05 bits per heavy atom. The maximum atomic E-state index is 13.4. The minimum absolute atomic E-state index is 0.0211. The third-order valence-electron chi connectivity index (χ3n) is 5.72. The van der Waals surface area contributed by atoms with E-state index in [1.54, 1.807) is 42.6 Å². The first-order chi connectivity index (χ1) is 17.7. The molecule has 10 nitrogen and oxygen atoms in total. The lowest BCUT2D eigenvalue weighted by Gasteiger charge is -2.25. The van der Waals surface area contributed by atoms with E-state index in [4.69, 9.17) is 4.74 Å². The fourth-order valence-corrected chi connectivity index (χ4v) is 4.72. The van der Waals surface area contributed by atoms with Gasteiger partial charge in [0.15, 0.2) is 15.5 Å². The number of sulfone groups is 1. The van der Waals surface area contributed by atoms with Crippen molar-refractivity contribution in [2.24, 2.45) is 0 Å². The zero-order chi connectivity index (χ0) is 26.4. The van der Waals surface area contributed by atoms with Crippen LogP contribution in [0.3, 0.4) is 0 Å². The number of piperidine rings is 1. The van der Waals surface area contributed by atoms with E-state index < -0.39 is 21.7 Å². The first-order valence-corrected chi connectivity index (χ1v) is 13.9. The molecule has 194 valence electrons. The number of ether oxygens (including phenoxy) is 1. The number of rotatable bonds is 8. The molecule has 0 aliphatic carbocycles. The fraction of sp³-hybridized carbons (Fsp3) is 0.308. The molecule has 0 radical (unpaired) electrons. The van der Waals surface area contributed by atoms with Gasteiger partial charge in [-0.25, -0.2) is 18.4 Å². The summed E-state index contributed by atoms with van der Waals surface area (Å²) in [4.78, 5) is 34.6. The SMILES string of the molecule is Cc1ccc(NC(=O)c2ncccc2NC(=O)c2ccc(CS(C)(=O)=O)cc2OC2CCNCC2)nc1. The summed E-state index contributed by atoms with van der Waals surface area (Å²) >= 11 is 0. The number of carbonyl (C=O) groups excluding carboxylic acids is 2. The van der Waals surface area contributed by atoms with Gasteiger partial charge < -0.3 is 20.7 Å². The second kappa shape index (κ2) is 11.5. The van der Waals surface area contributed by atoms with E-state index in [1.165, 1.54) is 6.20 Å². The third kappa shape index (κ3) is 7.34. The monoisotopic (exact) mass is 523 g/mol. The molecule has 11 heteroatoms. The Morgan fingerprint density at radius 3 is 2.54 bits per heavy atom. The van der Waals surface area contributed by atoms with Crippen molar-refractivity contribution >= 4 is 33.2 Å². The van der Waals surface area contributed by atoms with Crippen LogP contribution in [0, 0.1) is 6.92 Å². The first kappa shape index (κ1) is 26.2. The lowest BCUT2D eigenvalue weighted by molar-refractivity contribution is 0.101. The van der Waals surface area contributed by atoms with E-state index in [0.717, 1.165) is 37.8 Å². The van der Waals surface area contributed by atoms with Crippen LogP contribution in [0.5, 0.6) is 5.75 Å². The van der Waals surface area contributed by atoms with Crippen molar-refractivity contribution in [3.8, 4) is 5.75 Å². The van der Waals surface area contributed by atoms with Gasteiger partial charge in [-0.1, -0.05) is 12.1 Å². The molecular weight excluding hydrogens is 494 g/mol. The van der Waals surface area contributed by atoms with Gasteiger partial charge in [0.1, 0.15) is 17.7 Å². The Balaban J connectivity index is 1.58. The third-order valence-corrected chi connectivity index (χ3v) is 6.58. The van der Waals surface area contributed by atoms with Gasteiger partial charge in [0.25, 0.3) is 11.8 Å². The number of aryl methyl sites for hydroxylation is 1. The van der Waals surface area contributed by atoms with Crippen molar-refractivity contribution in [3.05, 3.63) is 77.2 Å². The van der Waals surface area contributed by atoms with Crippen LogP contribution < -0.4 is 20.7 Å². The van der Waals surface area contributed by atoms with Gasteiger partial charge in [-0.2, -0.15) is 0 Å². The summed E-state index contributed by atoms with van der Waals surface area (Å²) in [7, 11) is -3.28. The van der Waals surface area contributed by atoms with Crippen molar-refractivity contribution in [3.63, 3.8) is 0 Å². The highest BCUT2D eigenvalue weighted by Gasteiger charge is 2.22. The first-order valence-electron chi connectivity index (χ1n) is 11.9. The largest absolute Gasteiger partial charge is 0.489 e. The highest BCUT2D eigenvalue weighted by Crippen LogP contribution is 2.26. The molecule has 0 unspecified atom stereocenters. The summed E-state index contributed by atoms with van der Waals surface area (Å²) in [5.74, 6) is -0.550. The molecule has 3 aromatic rings. The molecular formula is C26H29N5O5S. The second-order valence-corrected chi connectivity index (χ2v) is 11.1. The summed E-state index contributed by atoms with van der Waals surface area (Å²) in [6, 6.07) is 11.4. The van der Waals surface area contributed by atoms with E-state index in [1.807, 2.05) is 13.0 Å². The number of pyridine rings is 2. The number of amides is 2. The maximum absolute atomic E-state index is 13.4. The molecule has 3 heterocycles. The number of carbonyl (C=O) groups is 2. The number of nitrogens with zero attached hydrogens (tertiary/aromatic N) is 2. The molecule has 0 bridgehead atoms. The molecule has 3 N–H and O–H groups in total. The minimum Gasteiger partial charge on any atom is -0.489 e. The Hall–Kier alpha value is -3.83. The lowest BCUT2D eigenvalue weighted by Crippen LogP contribution is -2.34. The van der Waals surface area contributed by atoms with Gasteiger partial charge in [-0.15, -0.1) is 0 Å². The van der Waals surface area contributed by atoms with Crippen LogP contribution in [0.25, 0.3) is 0 Å². The van der Waals surface area contributed by atoms with E-state index in [-0.39, 0.29) is 28.8 Å². The van der Waals surface area contributed by atoms with Crippen molar-refractivity contribution in [1.82, 2.24) is 15.3 Å². The summed E-state index contributed by atoms with van der Waals surface area (Å²) in [6.07, 6.45) is 5.66. The zero-order valence-electron chi connectivity index (χ0n) is 20.7. The highest BCUT2D eigenvalue weighted by molar-refractivity contribution is 7.89. The van der Waals surface area contributed by atoms with E-state index in [2.05, 4.69) is 25.9 Å². The molecule has 4 rings (SSSR count). The molecule has 2 amide bonds. The predicted octanol–water partition coefficient (Wildman–Crippen LogP) is 2.97. The van der Waals surface area contributed by atoms with Gasteiger partial charge in [0, 0.05) is 18.6 Å². The van der Waals surface area contributed by atoms with Crippen molar-refractivity contribution in [2.75, 3.05) is 30.0 Å². The quantitative estimate of drug-likeness (QED) is 0.410. The van der Waals surface area contributed by atoms with Crippen LogP contribution in [-0.2, 0) is 15.6 Å². The van der Waals surface area contributed by atoms with Crippen LogP contribution in [0.1, 0.15) is 44.8 Å². The van der Waals surface area contributed by atoms with Gasteiger partial charge in [0.05, 0.1) is 17.0 Å². The maximum Gasteiger partial charge on any atom is 0.277 e. The Kier molecular flexibility index (Phi) is 8.14. The predicted molar refractivity (Wildman–Crippen MR) is 141 cm³/mol. The van der Waals surface area contributed by atoms with Crippen LogP contribution in [-0.4, -0.2) is 55.6 Å². The second-order valence-electron chi connectivity index (χ2n) is 9.00. The van der Waals surface area contributed by atoms with Gasteiger partial charge in [-0.05, 0) is 74.3 Å². The van der Waals surface area contributed by atoms with E-state index in [9.17, 15) is 18.0 Å². The van der Waals surface area contributed by atoms with Gasteiger partial charge >= 0.3 is 0 Å². The number of nitrogens with one attached hydrogen (secondary N) is 3. The molecule has 1 fully saturated rings. The number of hydrogen-bond donors (Lipinski definition) is 3. The molecule has 1 aliphatic rings. The smallest absolute Gasteiger partial charge is 0.277 e. The summed E-state index contributed by atoms with van der Waals surface area (Å²) in [5.41, 5.74) is 1.94. The summed E-state index contributed by atoms with van der Waals surface area (Å²) in [6.45, 7) is 3.47. The zero-order valence-corrected chi connectivity index (χ0v) is 21.5. The molecule has 0 spiro atoms. The van der Waals surface area contributed by atoms with Crippen LogP contribution in [0.4, 0.5) is 11.5 Å². The summed E-state index contributed by atoms with van der Waals surface area (Å²) < 4.78 is 29.8. The van der Waals surface area contributed by atoms with Crippen molar-refractivity contribution in [2.45, 2.75) is 31.6 Å². The topological polar surface area (TPSA) is 139 Å². The average molecular weight is 524 g/mol. The summed E-state index contributed by atoms with van der Waals surface area (Å²) in [5, 5.41) is 8.70. The Bertz CT molecular complexity index is 1390. The lowest BCUT2D eigenvalue weighted by atomic mass is 10.1. The molecule has 1 saturated heterocycles. The fourth-order valence-electron chi connectivity index (χ4n) is 3.93. The Morgan fingerprint density at radius 2 is 1.84 bits per heavy atom. The van der Waals surface area contributed by atoms with Crippen LogP contribution in [0.15, 0.2) is 54.9 Å². The highest BCUT2D eigenvalue weighted by atomic mass is 32.2. The van der Waals surface area contributed by atoms with Crippen LogP contribution in [0.2, 0.25) is 0 Å². The molecule has 1 aliphatic heterocycles. The molecule has 37 heavy (non-hydrogen) atoms. The standard InChI is InChI=1S/C26H29N5O5S/c1-17-5-8-23(29-15-17)31-26(33)24-21(4-3-11-28-24)30-25(32)20-7-6-18(16-37(2,34)35)14-22(20)36-19-9-12-27-13-10-19/h3-8,11,14-15,19,27H,9-10,12-13,16H2,1-2H3,(H,30,32)(H,29,31,33). The molecule has 0 atom stereocenters. The number of anilines is 2. The number of hydrogen-bond acceptors (Lipinski definition) is 8. The van der Waals surface area contributed by atoms with Gasteiger partial charge in [0.2, 0.25) is 0 Å². The number of benzene rings is 1.